The van der Waals surface area contributed by atoms with E-state index in [0.29, 0.717) is 18.7 Å². The molecule has 0 aliphatic heterocycles. The first kappa shape index (κ1) is 16.0. The minimum atomic E-state index is -3.01. The van der Waals surface area contributed by atoms with E-state index in [1.165, 1.54) is 12.1 Å². The molecule has 0 amide bonds. The molecule has 0 heterocycles. The van der Waals surface area contributed by atoms with Crippen LogP contribution in [0.5, 0.6) is 0 Å². The maximum absolute atomic E-state index is 10.9. The van der Waals surface area contributed by atoms with Gasteiger partial charge < -0.3 is 5.32 Å². The predicted octanol–water partition coefficient (Wildman–Crippen LogP) is 2.75. The Hall–Kier alpha value is -1.05. The normalized spacial score (nSPS) is 11.3. The lowest BCUT2D eigenvalue weighted by atomic mass is 10.2. The second-order valence-corrected chi connectivity index (χ2v) is 7.03. The van der Waals surface area contributed by atoms with Gasteiger partial charge in [0, 0.05) is 24.9 Å². The van der Waals surface area contributed by atoms with Gasteiger partial charge in [-0.25, -0.2) is 8.42 Å². The first-order chi connectivity index (χ1) is 8.70. The molecule has 0 fully saturated rings. The minimum absolute atomic E-state index is 0.0439. The first-order valence-electron chi connectivity index (χ1n) is 5.26. The molecule has 0 saturated carbocycles. The van der Waals surface area contributed by atoms with Crippen LogP contribution in [0.2, 0.25) is 10.0 Å². The molecule has 9 heteroatoms. The summed E-state index contributed by atoms with van der Waals surface area (Å²) < 4.78 is 21.9. The van der Waals surface area contributed by atoms with E-state index >= 15 is 0 Å². The summed E-state index contributed by atoms with van der Waals surface area (Å²) in [6, 6.07) is 2.37. The number of anilines is 1. The highest BCUT2D eigenvalue weighted by molar-refractivity contribution is 7.90. The molecule has 0 aromatic heterocycles. The predicted molar refractivity (Wildman–Crippen MR) is 75.9 cm³/mol. The minimum Gasteiger partial charge on any atom is -0.383 e. The van der Waals surface area contributed by atoms with Gasteiger partial charge in [0.2, 0.25) is 0 Å². The van der Waals surface area contributed by atoms with Gasteiger partial charge in [-0.15, -0.1) is 0 Å². The monoisotopic (exact) mass is 326 g/mol. The fourth-order valence-corrected chi connectivity index (χ4v) is 2.66. The molecule has 0 unspecified atom stereocenters. The number of nitro benzene ring substituents is 1. The summed E-state index contributed by atoms with van der Waals surface area (Å²) in [6.07, 6.45) is 1.54. The van der Waals surface area contributed by atoms with Crippen molar-refractivity contribution >= 4 is 44.4 Å². The molecule has 0 bridgehead atoms. The topological polar surface area (TPSA) is 89.3 Å². The molecule has 0 aliphatic carbocycles. The zero-order valence-electron chi connectivity index (χ0n) is 10.0. The van der Waals surface area contributed by atoms with Gasteiger partial charge in [-0.3, -0.25) is 10.1 Å². The van der Waals surface area contributed by atoms with Gasteiger partial charge in [0.25, 0.3) is 5.69 Å². The van der Waals surface area contributed by atoms with Crippen LogP contribution in [-0.4, -0.2) is 31.9 Å². The number of sulfone groups is 1. The van der Waals surface area contributed by atoms with Crippen LogP contribution in [0.15, 0.2) is 12.1 Å². The first-order valence-corrected chi connectivity index (χ1v) is 8.07. The quantitative estimate of drug-likeness (QED) is 0.493. The molecule has 106 valence electrons. The molecular formula is C10H12Cl2N2O4S. The van der Waals surface area contributed by atoms with Crippen molar-refractivity contribution < 1.29 is 13.3 Å². The summed E-state index contributed by atoms with van der Waals surface area (Å²) in [5.41, 5.74) is 0.166. The third-order valence-electron chi connectivity index (χ3n) is 2.23. The Morgan fingerprint density at radius 1 is 1.32 bits per heavy atom. The third-order valence-corrected chi connectivity index (χ3v) is 3.86. The highest BCUT2D eigenvalue weighted by Gasteiger charge is 2.14. The van der Waals surface area contributed by atoms with E-state index in [4.69, 9.17) is 23.2 Å². The van der Waals surface area contributed by atoms with Gasteiger partial charge >= 0.3 is 0 Å². The van der Waals surface area contributed by atoms with Gasteiger partial charge in [0.05, 0.1) is 26.4 Å². The van der Waals surface area contributed by atoms with Crippen molar-refractivity contribution in [1.29, 1.82) is 0 Å². The van der Waals surface area contributed by atoms with Crippen LogP contribution >= 0.6 is 23.2 Å². The number of hydrogen-bond acceptors (Lipinski definition) is 5. The fourth-order valence-electron chi connectivity index (χ4n) is 1.38. The number of non-ortho nitro benzene ring substituents is 1. The second kappa shape index (κ2) is 6.40. The van der Waals surface area contributed by atoms with Crippen molar-refractivity contribution in [3.63, 3.8) is 0 Å². The molecule has 1 aromatic carbocycles. The van der Waals surface area contributed by atoms with Crippen molar-refractivity contribution in [1.82, 2.24) is 0 Å². The van der Waals surface area contributed by atoms with Crippen LogP contribution in [-0.2, 0) is 9.84 Å². The number of nitro groups is 1. The maximum Gasteiger partial charge on any atom is 0.272 e. The van der Waals surface area contributed by atoms with E-state index in [1.54, 1.807) is 0 Å². The smallest absolute Gasteiger partial charge is 0.272 e. The zero-order chi connectivity index (χ0) is 14.6. The van der Waals surface area contributed by atoms with Crippen molar-refractivity contribution in [3.8, 4) is 0 Å². The molecular weight excluding hydrogens is 315 g/mol. The lowest BCUT2D eigenvalue weighted by molar-refractivity contribution is -0.384. The molecule has 19 heavy (non-hydrogen) atoms. The van der Waals surface area contributed by atoms with Crippen LogP contribution in [0.3, 0.4) is 0 Å². The van der Waals surface area contributed by atoms with Crippen LogP contribution in [0.1, 0.15) is 6.42 Å². The standard InChI is InChI=1S/C10H12Cl2N2O4S/c1-19(17,18)4-2-3-13-10-8(11)5-7(14(15)16)6-9(10)12/h5-6,13H,2-4H2,1H3. The van der Waals surface area contributed by atoms with Gasteiger partial charge in [-0.1, -0.05) is 23.2 Å². The number of halogens is 2. The summed E-state index contributed by atoms with van der Waals surface area (Å²) in [6.45, 7) is 0.352. The number of hydrogen-bond donors (Lipinski definition) is 1. The Kier molecular flexibility index (Phi) is 5.39. The molecule has 0 atom stereocenters. The van der Waals surface area contributed by atoms with E-state index in [1.807, 2.05) is 0 Å². The molecule has 0 radical (unpaired) electrons. The summed E-state index contributed by atoms with van der Waals surface area (Å²) in [5.74, 6) is 0.0439. The Bertz CT molecular complexity index is 566. The Labute approximate surface area is 120 Å². The van der Waals surface area contributed by atoms with Crippen LogP contribution < -0.4 is 5.32 Å². The van der Waals surface area contributed by atoms with E-state index in [9.17, 15) is 18.5 Å². The molecule has 0 spiro atoms. The van der Waals surface area contributed by atoms with Crippen LogP contribution in [0.4, 0.5) is 11.4 Å². The SMILES string of the molecule is CS(=O)(=O)CCCNc1c(Cl)cc([N+](=O)[O-])cc1Cl. The Morgan fingerprint density at radius 3 is 2.26 bits per heavy atom. The van der Waals surface area contributed by atoms with Gasteiger partial charge in [0.1, 0.15) is 9.84 Å². The molecule has 6 nitrogen and oxygen atoms in total. The van der Waals surface area contributed by atoms with Crippen molar-refractivity contribution in [2.75, 3.05) is 23.9 Å². The van der Waals surface area contributed by atoms with Crippen molar-refractivity contribution in [2.45, 2.75) is 6.42 Å². The largest absolute Gasteiger partial charge is 0.383 e. The van der Waals surface area contributed by atoms with Gasteiger partial charge in [-0.05, 0) is 6.42 Å². The van der Waals surface area contributed by atoms with Crippen molar-refractivity contribution in [2.24, 2.45) is 0 Å². The molecule has 0 aliphatic rings. The van der Waals surface area contributed by atoms with E-state index < -0.39 is 14.8 Å². The van der Waals surface area contributed by atoms with Gasteiger partial charge in [-0.2, -0.15) is 0 Å². The maximum atomic E-state index is 10.9. The fraction of sp³-hybridized carbons (Fsp3) is 0.400. The average molecular weight is 327 g/mol. The highest BCUT2D eigenvalue weighted by atomic mass is 35.5. The zero-order valence-corrected chi connectivity index (χ0v) is 12.3. The number of rotatable bonds is 6. The molecule has 1 aromatic rings. The van der Waals surface area contributed by atoms with Crippen molar-refractivity contribution in [3.05, 3.63) is 32.3 Å². The summed E-state index contributed by atoms with van der Waals surface area (Å²) in [4.78, 5) is 10.00. The number of nitrogens with one attached hydrogen (secondary N) is 1. The second-order valence-electron chi connectivity index (χ2n) is 3.95. The number of nitrogens with zero attached hydrogens (tertiary/aromatic N) is 1. The molecule has 1 N–H and O–H groups in total. The van der Waals surface area contributed by atoms with E-state index in [0.717, 1.165) is 6.26 Å². The third kappa shape index (κ3) is 5.22. The lowest BCUT2D eigenvalue weighted by Gasteiger charge is -2.09. The van der Waals surface area contributed by atoms with Gasteiger partial charge in [0.15, 0.2) is 0 Å². The van der Waals surface area contributed by atoms with Crippen LogP contribution in [0.25, 0.3) is 0 Å². The van der Waals surface area contributed by atoms with Crippen LogP contribution in [0, 0.1) is 10.1 Å². The molecule has 1 rings (SSSR count). The summed E-state index contributed by atoms with van der Waals surface area (Å²) in [7, 11) is -3.01. The highest BCUT2D eigenvalue weighted by Crippen LogP contribution is 2.34. The summed E-state index contributed by atoms with van der Waals surface area (Å²) >= 11 is 11.8. The lowest BCUT2D eigenvalue weighted by Crippen LogP contribution is -2.10. The Morgan fingerprint density at radius 2 is 1.84 bits per heavy atom. The van der Waals surface area contributed by atoms with E-state index in [2.05, 4.69) is 5.32 Å². The number of benzene rings is 1. The Balaban J connectivity index is 2.72. The van der Waals surface area contributed by atoms with E-state index in [-0.39, 0.29) is 21.5 Å². The average Bonchev–Trinajstić information content (AvgIpc) is 2.25. The molecule has 0 saturated heterocycles. The summed E-state index contributed by atoms with van der Waals surface area (Å²) in [5, 5.41) is 13.7.